The molecule has 1 aromatic rings. The molecule has 1 fully saturated rings. The van der Waals surface area contributed by atoms with E-state index in [1.807, 2.05) is 17.9 Å². The highest BCUT2D eigenvalue weighted by atomic mass is 16.5. The van der Waals surface area contributed by atoms with Gasteiger partial charge in [0.25, 0.3) is 0 Å². The van der Waals surface area contributed by atoms with E-state index < -0.39 is 12.1 Å². The van der Waals surface area contributed by atoms with Crippen LogP contribution in [0.15, 0.2) is 12.4 Å². The third-order valence-corrected chi connectivity index (χ3v) is 4.22. The second kappa shape index (κ2) is 7.56. The van der Waals surface area contributed by atoms with Crippen LogP contribution in [0.5, 0.6) is 0 Å². The van der Waals surface area contributed by atoms with Crippen LogP contribution in [0, 0.1) is 5.92 Å². The van der Waals surface area contributed by atoms with Crippen LogP contribution >= 0.6 is 0 Å². The molecule has 2 heterocycles. The molecule has 0 aliphatic carbocycles. The molecule has 1 saturated heterocycles. The second-order valence-corrected chi connectivity index (χ2v) is 5.77. The molecule has 2 rings (SSSR count). The topological polar surface area (TPSA) is 67.6 Å². The van der Waals surface area contributed by atoms with Gasteiger partial charge in [0.1, 0.15) is 0 Å². The third kappa shape index (κ3) is 4.54. The van der Waals surface area contributed by atoms with Gasteiger partial charge in [-0.05, 0) is 56.8 Å². The van der Waals surface area contributed by atoms with Crippen molar-refractivity contribution in [2.45, 2.75) is 31.8 Å². The number of carbonyl (C=O) groups is 1. The summed E-state index contributed by atoms with van der Waals surface area (Å²) in [5, 5.41) is 14.0. The molecule has 0 amide bonds. The third-order valence-electron chi connectivity index (χ3n) is 4.22. The number of rotatable bonds is 6. The summed E-state index contributed by atoms with van der Waals surface area (Å²) in [6, 6.07) is 0. The summed E-state index contributed by atoms with van der Waals surface area (Å²) in [5.74, 6) is -0.475. The van der Waals surface area contributed by atoms with Crippen molar-refractivity contribution in [3.8, 4) is 0 Å². The number of esters is 1. The molecule has 0 bridgehead atoms. The maximum absolute atomic E-state index is 11.3. The number of piperidine rings is 1. The van der Waals surface area contributed by atoms with Crippen LogP contribution in [-0.4, -0.2) is 58.6 Å². The van der Waals surface area contributed by atoms with Gasteiger partial charge in [0.15, 0.2) is 6.10 Å². The van der Waals surface area contributed by atoms with E-state index in [9.17, 15) is 9.90 Å². The number of carbonyl (C=O) groups excluding carboxylic acids is 1. The Hall–Kier alpha value is -1.40. The Balaban J connectivity index is 1.66. The van der Waals surface area contributed by atoms with Crippen LogP contribution in [0.2, 0.25) is 0 Å². The maximum Gasteiger partial charge on any atom is 0.334 e. The van der Waals surface area contributed by atoms with Crippen molar-refractivity contribution in [1.82, 2.24) is 14.7 Å². The zero-order chi connectivity index (χ0) is 15.2. The van der Waals surface area contributed by atoms with Gasteiger partial charge in [0, 0.05) is 13.2 Å². The van der Waals surface area contributed by atoms with Crippen LogP contribution in [0.3, 0.4) is 0 Å². The lowest BCUT2D eigenvalue weighted by atomic mass is 9.91. The molecule has 21 heavy (non-hydrogen) atoms. The minimum absolute atomic E-state index is 0.0343. The highest BCUT2D eigenvalue weighted by Crippen LogP contribution is 2.21. The molecule has 0 radical (unpaired) electrons. The molecule has 6 nitrogen and oxygen atoms in total. The molecule has 0 aromatic carbocycles. The van der Waals surface area contributed by atoms with Crippen molar-refractivity contribution in [3.63, 3.8) is 0 Å². The van der Waals surface area contributed by atoms with Gasteiger partial charge in [-0.3, -0.25) is 4.68 Å². The number of hydrogen-bond acceptors (Lipinski definition) is 5. The minimum Gasteiger partial charge on any atom is -0.467 e. The molecule has 1 aliphatic rings. The summed E-state index contributed by atoms with van der Waals surface area (Å²) < 4.78 is 6.43. The summed E-state index contributed by atoms with van der Waals surface area (Å²) in [6.45, 7) is 2.92. The number of aliphatic hydroxyl groups excluding tert-OH is 1. The average Bonchev–Trinajstić information content (AvgIpc) is 2.92. The molecule has 1 unspecified atom stereocenters. The highest BCUT2D eigenvalue weighted by molar-refractivity contribution is 5.74. The lowest BCUT2D eigenvalue weighted by molar-refractivity contribution is -0.154. The molecule has 1 N–H and O–H groups in total. The van der Waals surface area contributed by atoms with Crippen LogP contribution in [0.4, 0.5) is 0 Å². The molecular formula is C15H25N3O3. The predicted molar refractivity (Wildman–Crippen MR) is 78.7 cm³/mol. The fourth-order valence-electron chi connectivity index (χ4n) is 2.91. The van der Waals surface area contributed by atoms with Crippen LogP contribution in [0.1, 0.15) is 24.8 Å². The first-order chi connectivity index (χ1) is 10.1. The lowest BCUT2D eigenvalue weighted by Gasteiger charge is -2.33. The Morgan fingerprint density at radius 2 is 2.24 bits per heavy atom. The van der Waals surface area contributed by atoms with Crippen molar-refractivity contribution in [3.05, 3.63) is 18.0 Å². The number of aryl methyl sites for hydroxylation is 2. The first-order valence-electron chi connectivity index (χ1n) is 7.56. The Labute approximate surface area is 125 Å². The molecule has 118 valence electrons. The molecule has 6 heteroatoms. The standard InChI is InChI=1S/C15H25N3O3/c1-17-11-12(10-16-17)4-3-7-18-8-5-13(6-9-18)14(19)15(20)21-2/h10-11,13-14,19H,3-9H2,1-2H3. The quantitative estimate of drug-likeness (QED) is 0.778. The van der Waals surface area contributed by atoms with Crippen molar-refractivity contribution in [2.75, 3.05) is 26.7 Å². The minimum atomic E-state index is -0.965. The highest BCUT2D eigenvalue weighted by Gasteiger charge is 2.30. The number of likely N-dealkylation sites (tertiary alicyclic amines) is 1. The normalized spacial score (nSPS) is 18.6. The van der Waals surface area contributed by atoms with E-state index in [1.165, 1.54) is 12.7 Å². The number of aliphatic hydroxyl groups is 1. The zero-order valence-electron chi connectivity index (χ0n) is 12.9. The Kier molecular flexibility index (Phi) is 5.76. The van der Waals surface area contributed by atoms with Crippen LogP contribution < -0.4 is 0 Å². The van der Waals surface area contributed by atoms with Crippen molar-refractivity contribution in [2.24, 2.45) is 13.0 Å². The Morgan fingerprint density at radius 1 is 1.52 bits per heavy atom. The number of ether oxygens (including phenoxy) is 1. The van der Waals surface area contributed by atoms with E-state index in [-0.39, 0.29) is 5.92 Å². The fourth-order valence-corrected chi connectivity index (χ4v) is 2.91. The molecule has 1 aromatic heterocycles. The Bertz CT molecular complexity index is 453. The van der Waals surface area contributed by atoms with Gasteiger partial charge in [0.2, 0.25) is 0 Å². The number of hydrogen-bond donors (Lipinski definition) is 1. The summed E-state index contributed by atoms with van der Waals surface area (Å²) in [7, 11) is 3.25. The van der Waals surface area contributed by atoms with Crippen LogP contribution in [0.25, 0.3) is 0 Å². The van der Waals surface area contributed by atoms with Gasteiger partial charge in [-0.15, -0.1) is 0 Å². The van der Waals surface area contributed by atoms with E-state index in [4.69, 9.17) is 0 Å². The first kappa shape index (κ1) is 16.0. The number of aromatic nitrogens is 2. The van der Waals surface area contributed by atoms with Gasteiger partial charge in [0.05, 0.1) is 13.3 Å². The number of nitrogens with zero attached hydrogens (tertiary/aromatic N) is 3. The molecule has 0 spiro atoms. The molecular weight excluding hydrogens is 270 g/mol. The zero-order valence-corrected chi connectivity index (χ0v) is 12.9. The van der Waals surface area contributed by atoms with Gasteiger partial charge in [-0.1, -0.05) is 0 Å². The maximum atomic E-state index is 11.3. The Morgan fingerprint density at radius 3 is 2.81 bits per heavy atom. The van der Waals surface area contributed by atoms with Crippen molar-refractivity contribution >= 4 is 5.97 Å². The smallest absolute Gasteiger partial charge is 0.334 e. The second-order valence-electron chi connectivity index (χ2n) is 5.77. The SMILES string of the molecule is COC(=O)C(O)C1CCN(CCCc2cnn(C)c2)CC1. The largest absolute Gasteiger partial charge is 0.467 e. The molecule has 1 atom stereocenters. The fraction of sp³-hybridized carbons (Fsp3) is 0.733. The number of methoxy groups -OCH3 is 1. The average molecular weight is 295 g/mol. The van der Waals surface area contributed by atoms with Gasteiger partial charge < -0.3 is 14.7 Å². The van der Waals surface area contributed by atoms with Crippen molar-refractivity contribution in [1.29, 1.82) is 0 Å². The summed E-state index contributed by atoms with van der Waals surface area (Å²) in [6.07, 6.45) is 6.85. The van der Waals surface area contributed by atoms with Crippen molar-refractivity contribution < 1.29 is 14.6 Å². The van der Waals surface area contributed by atoms with E-state index >= 15 is 0 Å². The first-order valence-corrected chi connectivity index (χ1v) is 7.56. The molecule has 0 saturated carbocycles. The van der Waals surface area contributed by atoms with Gasteiger partial charge in [-0.25, -0.2) is 4.79 Å². The van der Waals surface area contributed by atoms with E-state index in [2.05, 4.69) is 20.9 Å². The van der Waals surface area contributed by atoms with E-state index in [0.717, 1.165) is 45.3 Å². The van der Waals surface area contributed by atoms with E-state index in [1.54, 1.807) is 0 Å². The predicted octanol–water partition coefficient (Wildman–Crippen LogP) is 0.599. The lowest BCUT2D eigenvalue weighted by Crippen LogP contribution is -2.41. The summed E-state index contributed by atoms with van der Waals surface area (Å²) >= 11 is 0. The monoisotopic (exact) mass is 295 g/mol. The van der Waals surface area contributed by atoms with E-state index in [0.29, 0.717) is 0 Å². The van der Waals surface area contributed by atoms with Gasteiger partial charge >= 0.3 is 5.97 Å². The summed E-state index contributed by atoms with van der Waals surface area (Å²) in [4.78, 5) is 13.7. The van der Waals surface area contributed by atoms with Crippen LogP contribution in [-0.2, 0) is 23.0 Å². The summed E-state index contributed by atoms with van der Waals surface area (Å²) in [5.41, 5.74) is 1.27. The molecule has 1 aliphatic heterocycles. The van der Waals surface area contributed by atoms with Gasteiger partial charge in [-0.2, -0.15) is 5.10 Å².